The van der Waals surface area contributed by atoms with E-state index in [9.17, 15) is 0 Å². The fourth-order valence-electron chi connectivity index (χ4n) is 3.14. The molecule has 0 unspecified atom stereocenters. The number of rotatable bonds is 2. The average molecular weight is 269 g/mol. The summed E-state index contributed by atoms with van der Waals surface area (Å²) >= 11 is 0. The second-order valence-electron chi connectivity index (χ2n) is 5.10. The molecule has 0 bridgehead atoms. The van der Waals surface area contributed by atoms with Gasteiger partial charge in [0.15, 0.2) is 0 Å². The molecule has 0 atom stereocenters. The zero-order chi connectivity index (χ0) is 13.9. The van der Waals surface area contributed by atoms with Gasteiger partial charge in [-0.15, -0.1) is 4.99 Å². The van der Waals surface area contributed by atoms with E-state index in [0.717, 1.165) is 43.6 Å². The molecule has 1 aliphatic rings. The lowest BCUT2D eigenvalue weighted by Gasteiger charge is -2.24. The molecule has 1 aliphatic heterocycles. The minimum atomic E-state index is 0.418. The summed E-state index contributed by atoms with van der Waals surface area (Å²) in [6.07, 6.45) is 4.13. The lowest BCUT2D eigenvalue weighted by molar-refractivity contribution is 0.362. The van der Waals surface area contributed by atoms with Crippen LogP contribution in [0.2, 0.25) is 0 Å². The topological polar surface area (TPSA) is 58.0 Å². The third-order valence-electron chi connectivity index (χ3n) is 4.03. The first-order chi connectivity index (χ1) is 9.86. The van der Waals surface area contributed by atoms with Crippen molar-refractivity contribution in [3.8, 4) is 6.19 Å². The number of aryl methyl sites for hydroxylation is 1. The third-order valence-corrected chi connectivity index (χ3v) is 4.03. The van der Waals surface area contributed by atoms with Crippen molar-refractivity contribution in [2.45, 2.75) is 32.4 Å². The van der Waals surface area contributed by atoms with Crippen LogP contribution >= 0.6 is 0 Å². The minimum absolute atomic E-state index is 0.418. The van der Waals surface area contributed by atoms with Crippen molar-refractivity contribution >= 4 is 11.0 Å². The van der Waals surface area contributed by atoms with Crippen LogP contribution in [-0.4, -0.2) is 22.2 Å². The van der Waals surface area contributed by atoms with Gasteiger partial charge in [0.05, 0.1) is 11.0 Å². The predicted molar refractivity (Wildman–Crippen MR) is 77.9 cm³/mol. The van der Waals surface area contributed by atoms with E-state index in [1.165, 1.54) is 5.52 Å². The molecule has 1 saturated heterocycles. The molecule has 3 rings (SSSR count). The van der Waals surface area contributed by atoms with Crippen molar-refractivity contribution in [3.05, 3.63) is 29.9 Å². The summed E-state index contributed by atoms with van der Waals surface area (Å²) in [5.41, 5.74) is 3.11. The highest BCUT2D eigenvalue weighted by atomic mass is 15.2. The number of para-hydroxylation sites is 2. The van der Waals surface area contributed by atoms with Gasteiger partial charge >= 0.3 is 0 Å². The van der Waals surface area contributed by atoms with Crippen molar-refractivity contribution in [2.24, 2.45) is 4.99 Å². The zero-order valence-electron chi connectivity index (χ0n) is 11.7. The molecule has 5 nitrogen and oxygen atoms in total. The zero-order valence-corrected chi connectivity index (χ0v) is 11.7. The number of hydrogen-bond donors (Lipinski definition) is 1. The molecule has 104 valence electrons. The van der Waals surface area contributed by atoms with E-state index in [1.807, 2.05) is 12.3 Å². The summed E-state index contributed by atoms with van der Waals surface area (Å²) in [6.45, 7) is 4.96. The molecule has 1 aromatic heterocycles. The molecule has 0 spiro atoms. The molecule has 2 heterocycles. The molecule has 0 saturated carbocycles. The van der Waals surface area contributed by atoms with E-state index in [4.69, 9.17) is 5.26 Å². The van der Waals surface area contributed by atoms with Crippen LogP contribution in [0.15, 0.2) is 29.3 Å². The van der Waals surface area contributed by atoms with E-state index in [1.54, 1.807) is 0 Å². The van der Waals surface area contributed by atoms with Crippen molar-refractivity contribution in [1.29, 1.82) is 5.26 Å². The number of benzene rings is 1. The van der Waals surface area contributed by atoms with Gasteiger partial charge in [-0.3, -0.25) is 0 Å². The quantitative estimate of drug-likeness (QED) is 0.845. The van der Waals surface area contributed by atoms with Crippen LogP contribution in [0.25, 0.3) is 11.0 Å². The predicted octanol–water partition coefficient (Wildman–Crippen LogP) is 1.77. The van der Waals surface area contributed by atoms with Gasteiger partial charge in [-0.1, -0.05) is 12.1 Å². The van der Waals surface area contributed by atoms with Gasteiger partial charge in [0.2, 0.25) is 11.8 Å². The first-order valence-corrected chi connectivity index (χ1v) is 7.20. The SMILES string of the molecule is CCn1/c(=N/C#N)n(C2CCNCC2)c2ccccc21. The summed E-state index contributed by atoms with van der Waals surface area (Å²) in [5.74, 6) is 0. The van der Waals surface area contributed by atoms with Gasteiger partial charge in [-0.05, 0) is 45.0 Å². The monoisotopic (exact) mass is 269 g/mol. The van der Waals surface area contributed by atoms with Crippen molar-refractivity contribution in [1.82, 2.24) is 14.5 Å². The van der Waals surface area contributed by atoms with Gasteiger partial charge in [0.1, 0.15) is 0 Å². The average Bonchev–Trinajstić information content (AvgIpc) is 2.82. The maximum Gasteiger partial charge on any atom is 0.221 e. The van der Waals surface area contributed by atoms with Crippen molar-refractivity contribution in [2.75, 3.05) is 13.1 Å². The van der Waals surface area contributed by atoms with Gasteiger partial charge in [0.25, 0.3) is 0 Å². The maximum absolute atomic E-state index is 9.03. The van der Waals surface area contributed by atoms with Crippen LogP contribution in [-0.2, 0) is 6.54 Å². The number of imidazole rings is 1. The second kappa shape index (κ2) is 5.51. The lowest BCUT2D eigenvalue weighted by atomic mass is 10.1. The molecule has 1 fully saturated rings. The Labute approximate surface area is 118 Å². The van der Waals surface area contributed by atoms with Crippen LogP contribution in [0.3, 0.4) is 0 Å². The molecule has 0 amide bonds. The van der Waals surface area contributed by atoms with Crippen LogP contribution < -0.4 is 10.9 Å². The maximum atomic E-state index is 9.03. The van der Waals surface area contributed by atoms with Crippen LogP contribution in [0.5, 0.6) is 0 Å². The Bertz CT molecular complexity index is 710. The number of fused-ring (bicyclic) bond motifs is 1. The fraction of sp³-hybridized carbons (Fsp3) is 0.467. The summed E-state index contributed by atoms with van der Waals surface area (Å²) in [6, 6.07) is 8.74. The van der Waals surface area contributed by atoms with E-state index in [2.05, 4.69) is 44.6 Å². The lowest BCUT2D eigenvalue weighted by Crippen LogP contribution is -2.35. The second-order valence-corrected chi connectivity index (χ2v) is 5.10. The molecular weight excluding hydrogens is 250 g/mol. The highest BCUT2D eigenvalue weighted by Gasteiger charge is 2.20. The van der Waals surface area contributed by atoms with Gasteiger partial charge < -0.3 is 14.5 Å². The van der Waals surface area contributed by atoms with Crippen LogP contribution in [0.4, 0.5) is 0 Å². The Balaban J connectivity index is 2.31. The Morgan fingerprint density at radius 3 is 2.65 bits per heavy atom. The molecule has 2 aromatic rings. The summed E-state index contributed by atoms with van der Waals surface area (Å²) in [5, 5.41) is 12.4. The smallest absolute Gasteiger partial charge is 0.221 e. The van der Waals surface area contributed by atoms with Crippen LogP contribution in [0, 0.1) is 11.5 Å². The van der Waals surface area contributed by atoms with E-state index < -0.39 is 0 Å². The van der Waals surface area contributed by atoms with Gasteiger partial charge in [0, 0.05) is 12.6 Å². The Kier molecular flexibility index (Phi) is 3.57. The number of piperidine rings is 1. The van der Waals surface area contributed by atoms with E-state index in [-0.39, 0.29) is 0 Å². The molecule has 0 radical (unpaired) electrons. The highest BCUT2D eigenvalue weighted by molar-refractivity contribution is 5.76. The van der Waals surface area contributed by atoms with Crippen molar-refractivity contribution in [3.63, 3.8) is 0 Å². The summed E-state index contributed by atoms with van der Waals surface area (Å²) in [7, 11) is 0. The molecule has 0 aliphatic carbocycles. The standard InChI is InChI=1S/C15H19N5/c1-2-19-13-5-3-4-6-14(13)20(15(19)18-11-16)12-7-9-17-10-8-12/h3-6,12,17H,2,7-10H2,1H3/b18-15-. The Morgan fingerprint density at radius 1 is 1.30 bits per heavy atom. The first-order valence-electron chi connectivity index (χ1n) is 7.20. The Morgan fingerprint density at radius 2 is 2.00 bits per heavy atom. The number of aromatic nitrogens is 2. The van der Waals surface area contributed by atoms with Gasteiger partial charge in [-0.25, -0.2) is 0 Å². The molecule has 1 aromatic carbocycles. The number of hydrogen-bond acceptors (Lipinski definition) is 3. The summed E-state index contributed by atoms with van der Waals surface area (Å²) < 4.78 is 4.38. The van der Waals surface area contributed by atoms with Crippen molar-refractivity contribution < 1.29 is 0 Å². The minimum Gasteiger partial charge on any atom is -0.317 e. The largest absolute Gasteiger partial charge is 0.317 e. The number of nitriles is 1. The molecular formula is C15H19N5. The highest BCUT2D eigenvalue weighted by Crippen LogP contribution is 2.23. The normalized spacial score (nSPS) is 17.5. The van der Waals surface area contributed by atoms with Crippen LogP contribution in [0.1, 0.15) is 25.8 Å². The fourth-order valence-corrected chi connectivity index (χ4v) is 3.14. The summed E-state index contributed by atoms with van der Waals surface area (Å²) in [4.78, 5) is 4.10. The molecule has 5 heteroatoms. The third kappa shape index (κ3) is 2.02. The number of nitrogens with one attached hydrogen (secondary N) is 1. The molecule has 1 N–H and O–H groups in total. The molecule has 20 heavy (non-hydrogen) atoms. The van der Waals surface area contributed by atoms with E-state index in [0.29, 0.717) is 6.04 Å². The Hall–Kier alpha value is -2.06. The first kappa shape index (κ1) is 12.9. The van der Waals surface area contributed by atoms with Gasteiger partial charge in [-0.2, -0.15) is 5.26 Å². The number of nitrogens with zero attached hydrogens (tertiary/aromatic N) is 4. The van der Waals surface area contributed by atoms with E-state index >= 15 is 0 Å².